The van der Waals surface area contributed by atoms with E-state index < -0.39 is 10.0 Å². The molecule has 3 aromatic rings. The van der Waals surface area contributed by atoms with E-state index in [9.17, 15) is 13.5 Å². The fourth-order valence-corrected chi connectivity index (χ4v) is 4.29. The van der Waals surface area contributed by atoms with Gasteiger partial charge in [0.15, 0.2) is 0 Å². The van der Waals surface area contributed by atoms with Gasteiger partial charge in [0.2, 0.25) is 15.9 Å². The summed E-state index contributed by atoms with van der Waals surface area (Å²) in [5, 5.41) is 17.1. The van der Waals surface area contributed by atoms with Crippen molar-refractivity contribution in [1.82, 2.24) is 4.98 Å². The lowest BCUT2D eigenvalue weighted by atomic mass is 10.0. The van der Waals surface area contributed by atoms with Gasteiger partial charge in [-0.25, -0.2) is 18.5 Å². The lowest BCUT2D eigenvalue weighted by molar-refractivity contribution is 0.255. The summed E-state index contributed by atoms with van der Waals surface area (Å²) in [6.07, 6.45) is 1.90. The molecule has 0 aliphatic carbocycles. The third-order valence-electron chi connectivity index (χ3n) is 4.43. The average Bonchev–Trinajstić information content (AvgIpc) is 3.13. The van der Waals surface area contributed by atoms with Gasteiger partial charge in [0.05, 0.1) is 28.7 Å². The molecule has 2 heterocycles. The Morgan fingerprint density at radius 3 is 2.48 bits per heavy atom. The molecule has 0 fully saturated rings. The minimum absolute atomic E-state index is 0.0460. The standard InChI is InChI=1S/C21H24N2O4S2/c1-3-4-9-27-21-16(12-24)11-18(20(23-21)19-10-14(2)13-28-19)15-5-7-17(8-6-15)29(22,25)26/h5-8,10-11,13,24H,3-4,9,12H2,1-2H3,(H2,22,25,26). The second-order valence-electron chi connectivity index (χ2n) is 6.77. The van der Waals surface area contributed by atoms with Crippen molar-refractivity contribution in [2.45, 2.75) is 38.2 Å². The lowest BCUT2D eigenvalue weighted by Gasteiger charge is -2.15. The number of nitrogens with zero attached hydrogens (tertiary/aromatic N) is 1. The number of hydrogen-bond acceptors (Lipinski definition) is 6. The number of nitrogens with two attached hydrogens (primary N) is 1. The Hall–Kier alpha value is -2.26. The van der Waals surface area contributed by atoms with Gasteiger partial charge in [0.1, 0.15) is 0 Å². The first-order valence-corrected chi connectivity index (χ1v) is 11.7. The predicted octanol–water partition coefficient (Wildman–Crippen LogP) is 4.10. The summed E-state index contributed by atoms with van der Waals surface area (Å²) in [6.45, 7) is 4.42. The van der Waals surface area contributed by atoms with Gasteiger partial charge in [-0.2, -0.15) is 0 Å². The van der Waals surface area contributed by atoms with Gasteiger partial charge >= 0.3 is 0 Å². The molecule has 2 aromatic heterocycles. The Labute approximate surface area is 175 Å². The highest BCUT2D eigenvalue weighted by Crippen LogP contribution is 2.37. The molecule has 0 unspecified atom stereocenters. The number of primary sulfonamides is 1. The SMILES string of the molecule is CCCCOc1nc(-c2cc(C)cs2)c(-c2ccc(S(N)(=O)=O)cc2)cc1CO. The summed E-state index contributed by atoms with van der Waals surface area (Å²) >= 11 is 1.57. The van der Waals surface area contributed by atoms with Crippen molar-refractivity contribution < 1.29 is 18.3 Å². The fraction of sp³-hybridized carbons (Fsp3) is 0.286. The molecule has 0 amide bonds. The first kappa shape index (κ1) is 21.4. The van der Waals surface area contributed by atoms with E-state index in [0.717, 1.165) is 40.1 Å². The Bertz CT molecular complexity index is 1090. The van der Waals surface area contributed by atoms with Crippen LogP contribution in [0.5, 0.6) is 5.88 Å². The van der Waals surface area contributed by atoms with Gasteiger partial charge in [-0.3, -0.25) is 0 Å². The van der Waals surface area contributed by atoms with Gasteiger partial charge < -0.3 is 9.84 Å². The Balaban J connectivity index is 2.13. The molecule has 0 aliphatic heterocycles. The van der Waals surface area contributed by atoms with E-state index in [1.54, 1.807) is 23.5 Å². The molecule has 0 atom stereocenters. The van der Waals surface area contributed by atoms with Crippen molar-refractivity contribution in [1.29, 1.82) is 0 Å². The first-order valence-electron chi connectivity index (χ1n) is 9.29. The molecule has 0 aliphatic rings. The van der Waals surface area contributed by atoms with Gasteiger partial charge in [-0.1, -0.05) is 25.5 Å². The number of hydrogen-bond donors (Lipinski definition) is 2. The largest absolute Gasteiger partial charge is 0.477 e. The monoisotopic (exact) mass is 432 g/mol. The predicted molar refractivity (Wildman–Crippen MR) is 115 cm³/mol. The summed E-state index contributed by atoms with van der Waals surface area (Å²) in [7, 11) is -3.77. The van der Waals surface area contributed by atoms with Crippen LogP contribution < -0.4 is 9.88 Å². The third kappa shape index (κ3) is 5.02. The molecule has 29 heavy (non-hydrogen) atoms. The highest BCUT2D eigenvalue weighted by Gasteiger charge is 2.18. The number of sulfonamides is 1. The van der Waals surface area contributed by atoms with Crippen LogP contribution in [-0.2, 0) is 16.6 Å². The molecule has 0 bridgehead atoms. The number of rotatable bonds is 8. The average molecular weight is 433 g/mol. The number of pyridine rings is 1. The minimum Gasteiger partial charge on any atom is -0.477 e. The number of aliphatic hydroxyl groups excluding tert-OH is 1. The van der Waals surface area contributed by atoms with Crippen molar-refractivity contribution in [3.05, 3.63) is 52.9 Å². The molecule has 3 rings (SSSR count). The lowest BCUT2D eigenvalue weighted by Crippen LogP contribution is -2.11. The molecule has 8 heteroatoms. The topological polar surface area (TPSA) is 103 Å². The zero-order chi connectivity index (χ0) is 21.0. The molecule has 154 valence electrons. The van der Waals surface area contributed by atoms with Crippen molar-refractivity contribution in [2.75, 3.05) is 6.61 Å². The highest BCUT2D eigenvalue weighted by molar-refractivity contribution is 7.89. The molecular weight excluding hydrogens is 408 g/mol. The third-order valence-corrected chi connectivity index (χ3v) is 6.41. The Morgan fingerprint density at radius 1 is 1.21 bits per heavy atom. The smallest absolute Gasteiger partial charge is 0.238 e. The molecule has 3 N–H and O–H groups in total. The van der Waals surface area contributed by atoms with Gasteiger partial charge in [0, 0.05) is 11.1 Å². The fourth-order valence-electron chi connectivity index (χ4n) is 2.88. The number of ether oxygens (including phenoxy) is 1. The van der Waals surface area contributed by atoms with Crippen LogP contribution in [0.4, 0.5) is 0 Å². The molecule has 0 saturated heterocycles. The van der Waals surface area contributed by atoms with Crippen LogP contribution in [-0.4, -0.2) is 25.1 Å². The summed E-state index contributed by atoms with van der Waals surface area (Å²) < 4.78 is 28.9. The Kier molecular flexibility index (Phi) is 6.69. The maximum absolute atomic E-state index is 11.6. The molecule has 0 radical (unpaired) electrons. The normalized spacial score (nSPS) is 11.6. The van der Waals surface area contributed by atoms with Crippen molar-refractivity contribution in [3.8, 4) is 27.6 Å². The number of aliphatic hydroxyl groups is 1. The van der Waals surface area contributed by atoms with Gasteiger partial charge in [0.25, 0.3) is 0 Å². The Morgan fingerprint density at radius 2 is 1.93 bits per heavy atom. The zero-order valence-electron chi connectivity index (χ0n) is 16.4. The van der Waals surface area contributed by atoms with Crippen molar-refractivity contribution in [2.24, 2.45) is 5.14 Å². The first-order chi connectivity index (χ1) is 13.8. The molecular formula is C21H24N2O4S2. The summed E-state index contributed by atoms with van der Waals surface area (Å²) in [4.78, 5) is 5.75. The van der Waals surface area contributed by atoms with Crippen LogP contribution in [0, 0.1) is 6.92 Å². The quantitative estimate of drug-likeness (QED) is 0.522. The molecule has 6 nitrogen and oxygen atoms in total. The van der Waals surface area contributed by atoms with Gasteiger partial charge in [-0.15, -0.1) is 11.3 Å². The van der Waals surface area contributed by atoms with E-state index in [2.05, 4.69) is 6.92 Å². The van der Waals surface area contributed by atoms with Gasteiger partial charge in [-0.05, 0) is 54.1 Å². The molecule has 0 spiro atoms. The van der Waals surface area contributed by atoms with Crippen LogP contribution in [0.1, 0.15) is 30.9 Å². The summed E-state index contributed by atoms with van der Waals surface area (Å²) in [6, 6.07) is 10.2. The van der Waals surface area contributed by atoms with E-state index in [1.165, 1.54) is 12.1 Å². The van der Waals surface area contributed by atoms with Crippen LogP contribution in [0.2, 0.25) is 0 Å². The van der Waals surface area contributed by atoms with E-state index in [0.29, 0.717) is 18.1 Å². The molecule has 0 saturated carbocycles. The number of aryl methyl sites for hydroxylation is 1. The number of aromatic nitrogens is 1. The maximum Gasteiger partial charge on any atom is 0.238 e. The molecule has 1 aromatic carbocycles. The van der Waals surface area contributed by atoms with E-state index in [4.69, 9.17) is 14.9 Å². The summed E-state index contributed by atoms with van der Waals surface area (Å²) in [5.74, 6) is 0.423. The summed E-state index contributed by atoms with van der Waals surface area (Å²) in [5.41, 5.74) is 4.02. The number of unbranched alkanes of at least 4 members (excludes halogenated alkanes) is 1. The number of thiophene rings is 1. The van der Waals surface area contributed by atoms with Crippen LogP contribution in [0.3, 0.4) is 0 Å². The number of benzene rings is 1. The van der Waals surface area contributed by atoms with Crippen molar-refractivity contribution in [3.63, 3.8) is 0 Å². The van der Waals surface area contributed by atoms with Crippen LogP contribution >= 0.6 is 11.3 Å². The van der Waals surface area contributed by atoms with E-state index in [1.807, 2.05) is 24.4 Å². The second-order valence-corrected chi connectivity index (χ2v) is 9.24. The van der Waals surface area contributed by atoms with Crippen LogP contribution in [0.15, 0.2) is 46.7 Å². The van der Waals surface area contributed by atoms with E-state index in [-0.39, 0.29) is 11.5 Å². The zero-order valence-corrected chi connectivity index (χ0v) is 18.0. The van der Waals surface area contributed by atoms with Crippen molar-refractivity contribution >= 4 is 21.4 Å². The van der Waals surface area contributed by atoms with E-state index >= 15 is 0 Å². The minimum atomic E-state index is -3.77. The second kappa shape index (κ2) is 9.04. The van der Waals surface area contributed by atoms with Crippen LogP contribution in [0.25, 0.3) is 21.7 Å². The maximum atomic E-state index is 11.6. The highest BCUT2D eigenvalue weighted by atomic mass is 32.2.